The van der Waals surface area contributed by atoms with Crippen LogP contribution < -0.4 is 0 Å². The third-order valence-corrected chi connectivity index (χ3v) is 6.57. The van der Waals surface area contributed by atoms with Crippen LogP contribution in [-0.2, 0) is 28.6 Å². The standard InChI is InChI=1S/C20H38O2.C14H26O4/c1-3-5-6-7-8-9-10-11-12-13-14-15-16-17-18-19-20(21)22-4-2;1-3-17-13(15)11-9-7-5-6-8-10-12-14(16)18-4-2/h11-12H,3-10,13-19H2,1-2H3;3-12H2,1-2H3. The summed E-state index contributed by atoms with van der Waals surface area (Å²) in [5, 5.41) is 0. The number of allylic oxidation sites excluding steroid dienone is 2. The summed E-state index contributed by atoms with van der Waals surface area (Å²) in [4.78, 5) is 33.2. The summed E-state index contributed by atoms with van der Waals surface area (Å²) in [7, 11) is 0. The number of hydrogen-bond donors (Lipinski definition) is 0. The second kappa shape index (κ2) is 35.2. The summed E-state index contributed by atoms with van der Waals surface area (Å²) in [5.74, 6) is -0.236. The van der Waals surface area contributed by atoms with Crippen molar-refractivity contribution >= 4 is 17.9 Å². The first-order chi connectivity index (χ1) is 19.5. The molecule has 0 radical (unpaired) electrons. The molecule has 0 aliphatic carbocycles. The van der Waals surface area contributed by atoms with E-state index >= 15 is 0 Å². The first-order valence-electron chi connectivity index (χ1n) is 16.6. The Morgan fingerprint density at radius 3 is 0.975 bits per heavy atom. The molecule has 0 unspecified atom stereocenters. The van der Waals surface area contributed by atoms with Crippen LogP contribution in [0.1, 0.15) is 169 Å². The Balaban J connectivity index is 0. The number of ether oxygens (including phenoxy) is 3. The fourth-order valence-corrected chi connectivity index (χ4v) is 4.29. The highest BCUT2D eigenvalue weighted by atomic mass is 16.5. The van der Waals surface area contributed by atoms with Crippen LogP contribution in [0.15, 0.2) is 12.2 Å². The normalized spacial score (nSPS) is 10.7. The second-order valence-corrected chi connectivity index (χ2v) is 10.4. The number of rotatable bonds is 27. The summed E-state index contributed by atoms with van der Waals surface area (Å²) in [6.07, 6.45) is 29.2. The number of carbonyl (C=O) groups excluding carboxylic acids is 3. The van der Waals surface area contributed by atoms with Crippen molar-refractivity contribution in [3.63, 3.8) is 0 Å². The van der Waals surface area contributed by atoms with Gasteiger partial charge in [-0.2, -0.15) is 0 Å². The molecule has 0 heterocycles. The van der Waals surface area contributed by atoms with Gasteiger partial charge >= 0.3 is 17.9 Å². The SMILES string of the molecule is CCCCCCCCC=CCCCCCCCC(=O)OCC.CCOC(=O)CCCCCCCCC(=O)OCC. The molecule has 0 aliphatic heterocycles. The number of unbranched alkanes of at least 4 members (excludes halogenated alkanes) is 16. The van der Waals surface area contributed by atoms with Gasteiger partial charge in [0.25, 0.3) is 0 Å². The van der Waals surface area contributed by atoms with Gasteiger partial charge in [0.2, 0.25) is 0 Å². The summed E-state index contributed by atoms with van der Waals surface area (Å²) in [5.41, 5.74) is 0. The summed E-state index contributed by atoms with van der Waals surface area (Å²) < 4.78 is 14.6. The maximum absolute atomic E-state index is 11.1. The van der Waals surface area contributed by atoms with Crippen molar-refractivity contribution in [1.29, 1.82) is 0 Å². The molecule has 0 fully saturated rings. The maximum Gasteiger partial charge on any atom is 0.305 e. The highest BCUT2D eigenvalue weighted by Crippen LogP contribution is 2.11. The van der Waals surface area contributed by atoms with Crippen LogP contribution in [0.5, 0.6) is 0 Å². The molecular formula is C34H64O6. The van der Waals surface area contributed by atoms with E-state index in [4.69, 9.17) is 14.2 Å². The van der Waals surface area contributed by atoms with Crippen molar-refractivity contribution in [2.24, 2.45) is 0 Å². The Labute approximate surface area is 247 Å². The van der Waals surface area contributed by atoms with Crippen LogP contribution in [0, 0.1) is 0 Å². The molecule has 0 bridgehead atoms. The van der Waals surface area contributed by atoms with Crippen LogP contribution in [0.4, 0.5) is 0 Å². The van der Waals surface area contributed by atoms with Crippen molar-refractivity contribution in [3.05, 3.63) is 12.2 Å². The molecule has 0 aromatic rings. The predicted molar refractivity (Wildman–Crippen MR) is 166 cm³/mol. The molecule has 0 rings (SSSR count). The third kappa shape index (κ3) is 36.1. The largest absolute Gasteiger partial charge is 0.466 e. The summed E-state index contributed by atoms with van der Waals surface area (Å²) in [6, 6.07) is 0. The van der Waals surface area contributed by atoms with Gasteiger partial charge < -0.3 is 14.2 Å². The predicted octanol–water partition coefficient (Wildman–Crippen LogP) is 9.82. The monoisotopic (exact) mass is 568 g/mol. The van der Waals surface area contributed by atoms with Gasteiger partial charge in [-0.1, -0.05) is 96.1 Å². The van der Waals surface area contributed by atoms with Gasteiger partial charge in [-0.3, -0.25) is 14.4 Å². The van der Waals surface area contributed by atoms with Crippen molar-refractivity contribution in [2.45, 2.75) is 169 Å². The van der Waals surface area contributed by atoms with E-state index in [1.807, 2.05) is 20.8 Å². The fourth-order valence-electron chi connectivity index (χ4n) is 4.29. The van der Waals surface area contributed by atoms with Crippen LogP contribution in [0.2, 0.25) is 0 Å². The Kier molecular flexibility index (Phi) is 35.4. The number of carbonyl (C=O) groups is 3. The molecule has 0 saturated carbocycles. The molecule has 0 aromatic heterocycles. The minimum atomic E-state index is -0.0974. The topological polar surface area (TPSA) is 78.9 Å². The van der Waals surface area contributed by atoms with Crippen molar-refractivity contribution in [3.8, 4) is 0 Å². The first-order valence-corrected chi connectivity index (χ1v) is 16.6. The average molecular weight is 569 g/mol. The van der Waals surface area contributed by atoms with E-state index in [9.17, 15) is 14.4 Å². The molecule has 0 spiro atoms. The third-order valence-electron chi connectivity index (χ3n) is 6.57. The molecular weight excluding hydrogens is 504 g/mol. The lowest BCUT2D eigenvalue weighted by Crippen LogP contribution is -2.03. The van der Waals surface area contributed by atoms with Crippen LogP contribution in [0.25, 0.3) is 0 Å². The van der Waals surface area contributed by atoms with Gasteiger partial charge in [-0.05, 0) is 65.7 Å². The van der Waals surface area contributed by atoms with Gasteiger partial charge in [-0.25, -0.2) is 0 Å². The van der Waals surface area contributed by atoms with Gasteiger partial charge in [0.1, 0.15) is 0 Å². The smallest absolute Gasteiger partial charge is 0.305 e. The highest BCUT2D eigenvalue weighted by molar-refractivity contribution is 5.69. The number of esters is 3. The van der Waals surface area contributed by atoms with E-state index in [1.165, 1.54) is 70.6 Å². The van der Waals surface area contributed by atoms with Gasteiger partial charge in [0.05, 0.1) is 19.8 Å². The van der Waals surface area contributed by atoms with E-state index in [-0.39, 0.29) is 17.9 Å². The molecule has 40 heavy (non-hydrogen) atoms. The highest BCUT2D eigenvalue weighted by Gasteiger charge is 2.03. The molecule has 236 valence electrons. The summed E-state index contributed by atoms with van der Waals surface area (Å²) in [6.45, 7) is 9.20. The molecule has 6 heteroatoms. The molecule has 0 aliphatic rings. The lowest BCUT2D eigenvalue weighted by atomic mass is 10.1. The van der Waals surface area contributed by atoms with Gasteiger partial charge in [0, 0.05) is 19.3 Å². The lowest BCUT2D eigenvalue weighted by molar-refractivity contribution is -0.144. The van der Waals surface area contributed by atoms with Crippen LogP contribution in [-0.4, -0.2) is 37.7 Å². The molecule has 6 nitrogen and oxygen atoms in total. The molecule has 0 N–H and O–H groups in total. The summed E-state index contributed by atoms with van der Waals surface area (Å²) >= 11 is 0. The van der Waals surface area contributed by atoms with E-state index < -0.39 is 0 Å². The maximum atomic E-state index is 11.1. The van der Waals surface area contributed by atoms with E-state index in [0.29, 0.717) is 39.1 Å². The molecule has 0 saturated heterocycles. The Morgan fingerprint density at radius 1 is 0.400 bits per heavy atom. The molecule has 0 atom stereocenters. The van der Waals surface area contributed by atoms with Crippen molar-refractivity contribution in [1.82, 2.24) is 0 Å². The minimum Gasteiger partial charge on any atom is -0.466 e. The number of hydrogen-bond acceptors (Lipinski definition) is 6. The minimum absolute atomic E-state index is 0.0415. The van der Waals surface area contributed by atoms with Crippen molar-refractivity contribution < 1.29 is 28.6 Å². The van der Waals surface area contributed by atoms with Gasteiger partial charge in [0.15, 0.2) is 0 Å². The first kappa shape index (κ1) is 40.3. The molecule has 0 amide bonds. The van der Waals surface area contributed by atoms with Crippen LogP contribution in [0.3, 0.4) is 0 Å². The second-order valence-electron chi connectivity index (χ2n) is 10.4. The quantitative estimate of drug-likeness (QED) is 0.0424. The fraction of sp³-hybridized carbons (Fsp3) is 0.853. The Morgan fingerprint density at radius 2 is 0.675 bits per heavy atom. The molecule has 0 aromatic carbocycles. The zero-order valence-corrected chi connectivity index (χ0v) is 26.8. The van der Waals surface area contributed by atoms with E-state index in [0.717, 1.165) is 51.4 Å². The zero-order chi connectivity index (χ0) is 29.9. The van der Waals surface area contributed by atoms with E-state index in [1.54, 1.807) is 0 Å². The van der Waals surface area contributed by atoms with Crippen molar-refractivity contribution in [2.75, 3.05) is 19.8 Å². The lowest BCUT2D eigenvalue weighted by Gasteiger charge is -2.03. The Bertz CT molecular complexity index is 563. The van der Waals surface area contributed by atoms with E-state index in [2.05, 4.69) is 19.1 Å². The Hall–Kier alpha value is -1.85. The average Bonchev–Trinajstić information content (AvgIpc) is 2.93. The zero-order valence-electron chi connectivity index (χ0n) is 26.8. The van der Waals surface area contributed by atoms with Crippen LogP contribution >= 0.6 is 0 Å². The van der Waals surface area contributed by atoms with Gasteiger partial charge in [-0.15, -0.1) is 0 Å².